The molecule has 2 unspecified atom stereocenters. The van der Waals surface area contributed by atoms with Crippen LogP contribution in [0.4, 0.5) is 0 Å². The number of hydrogen-bond acceptors (Lipinski definition) is 8. The molecule has 0 saturated carbocycles. The first-order valence-corrected chi connectivity index (χ1v) is 18.1. The average Bonchev–Trinajstić information content (AvgIpc) is 3.08. The van der Waals surface area contributed by atoms with Crippen LogP contribution < -0.4 is 9.47 Å². The van der Waals surface area contributed by atoms with Crippen molar-refractivity contribution >= 4 is 140 Å². The predicted molar refractivity (Wildman–Crippen MR) is 204 cm³/mol. The van der Waals surface area contributed by atoms with Gasteiger partial charge in [0, 0.05) is 0 Å². The third-order valence-electron chi connectivity index (χ3n) is 6.87. The number of halogens is 10. The van der Waals surface area contributed by atoms with Gasteiger partial charge in [-0.2, -0.15) is 0 Å². The summed E-state index contributed by atoms with van der Waals surface area (Å²) in [6.45, 7) is 6.81. The van der Waals surface area contributed by atoms with Crippen LogP contribution in [0.15, 0.2) is 36.4 Å². The topological polar surface area (TPSA) is 105 Å². The molecule has 4 aromatic rings. The van der Waals surface area contributed by atoms with E-state index in [2.05, 4.69) is 0 Å². The van der Waals surface area contributed by atoms with Gasteiger partial charge >= 0.3 is 23.9 Å². The molecule has 0 aromatic heterocycles. The molecule has 0 aliphatic heterocycles. The van der Waals surface area contributed by atoms with Crippen molar-refractivity contribution in [2.24, 2.45) is 0 Å². The van der Waals surface area contributed by atoms with Gasteiger partial charge in [-0.15, -0.1) is 0 Å². The van der Waals surface area contributed by atoms with Crippen molar-refractivity contribution in [3.63, 3.8) is 0 Å². The molecule has 0 amide bonds. The van der Waals surface area contributed by atoms with Gasteiger partial charge in [0.1, 0.15) is 20.1 Å². The Morgan fingerprint density at radius 2 is 0.635 bits per heavy atom. The highest BCUT2D eigenvalue weighted by atomic mass is 35.5. The molecule has 0 radical (unpaired) electrons. The molecule has 4 aromatic carbocycles. The molecule has 0 N–H and O–H groups in total. The van der Waals surface area contributed by atoms with Crippen molar-refractivity contribution in [2.45, 2.75) is 39.9 Å². The van der Waals surface area contributed by atoms with E-state index in [4.69, 9.17) is 135 Å². The summed E-state index contributed by atoms with van der Waals surface area (Å²) >= 11 is 62.0. The number of esters is 4. The number of carbonyl (C=O) groups excluding carboxylic acids is 4. The van der Waals surface area contributed by atoms with Crippen LogP contribution in [0.5, 0.6) is 11.5 Å². The maximum absolute atomic E-state index is 14.1. The molecule has 0 bridgehead atoms. The maximum Gasteiger partial charge on any atom is 0.357 e. The van der Waals surface area contributed by atoms with E-state index < -0.39 is 67.7 Å². The molecule has 18 heteroatoms. The van der Waals surface area contributed by atoms with E-state index in [1.165, 1.54) is 24.3 Å². The van der Waals surface area contributed by atoms with E-state index in [1.54, 1.807) is 39.8 Å². The summed E-state index contributed by atoms with van der Waals surface area (Å²) in [6.07, 6.45) is -4.93. The zero-order chi connectivity index (χ0) is 38.9. The Morgan fingerprint density at radius 1 is 0.404 bits per heavy atom. The first-order chi connectivity index (χ1) is 24.2. The molecule has 0 aliphatic carbocycles. The zero-order valence-electron chi connectivity index (χ0n) is 26.7. The summed E-state index contributed by atoms with van der Waals surface area (Å²) < 4.78 is 22.0. The molecular weight excluding hydrogens is 891 g/mol. The minimum atomic E-state index is -2.47. The van der Waals surface area contributed by atoms with Crippen molar-refractivity contribution in [3.8, 4) is 11.5 Å². The van der Waals surface area contributed by atoms with Crippen molar-refractivity contribution < 1.29 is 38.1 Å². The molecule has 0 aliphatic rings. The van der Waals surface area contributed by atoms with Crippen LogP contribution in [0.3, 0.4) is 0 Å². The smallest absolute Gasteiger partial charge is 0.357 e. The summed E-state index contributed by atoms with van der Waals surface area (Å²) in [7, 11) is 0. The zero-order valence-corrected chi connectivity index (χ0v) is 34.2. The predicted octanol–water partition coefficient (Wildman–Crippen LogP) is 12.4. The highest BCUT2D eigenvalue weighted by Crippen LogP contribution is 2.50. The lowest BCUT2D eigenvalue weighted by molar-refractivity contribution is -0.163. The number of hydrogen-bond donors (Lipinski definition) is 0. The minimum absolute atomic E-state index is 0.0564. The largest absolute Gasteiger partial charge is 0.442 e. The average molecular weight is 911 g/mol. The van der Waals surface area contributed by atoms with Crippen molar-refractivity contribution in [1.82, 2.24) is 0 Å². The quantitative estimate of drug-likeness (QED) is 0.0708. The maximum atomic E-state index is 14.1. The van der Waals surface area contributed by atoms with Crippen LogP contribution in [0.1, 0.15) is 43.0 Å². The number of carbonyl (C=O) groups is 4. The highest BCUT2D eigenvalue weighted by Gasteiger charge is 2.45. The molecule has 0 spiro atoms. The van der Waals surface area contributed by atoms with Crippen LogP contribution in [-0.2, 0) is 19.1 Å². The van der Waals surface area contributed by atoms with Crippen LogP contribution in [0.25, 0.3) is 0 Å². The standard InChI is InChI=1S/C34H20Cl10O8/c1-11-5-12(2)8-15(7-11)31(45)51-29(33(47)49-27-23(41)19(37)17(35)20(38)24(27)42)30(52-32(46)16-9-13(3)6-14(4)10-16)34(48)50-28-25(43)21(39)18(36)22(40)26(28)44/h5-10,29-30H,1-4H3. The fourth-order valence-electron chi connectivity index (χ4n) is 4.68. The van der Waals surface area contributed by atoms with Gasteiger partial charge in [0.25, 0.3) is 0 Å². The molecular formula is C34H20Cl10O8. The second-order valence-electron chi connectivity index (χ2n) is 11.0. The Kier molecular flexibility index (Phi) is 14.2. The summed E-state index contributed by atoms with van der Waals surface area (Å²) in [4.78, 5) is 55.5. The van der Waals surface area contributed by atoms with Gasteiger partial charge in [-0.05, 0) is 52.0 Å². The fourth-order valence-corrected chi connectivity index (χ4v) is 7.08. The Hall–Kier alpha value is -2.34. The van der Waals surface area contributed by atoms with Crippen molar-refractivity contribution in [3.05, 3.63) is 120 Å². The first kappa shape index (κ1) is 42.4. The number of rotatable bonds is 9. The Balaban J connectivity index is 1.91. The number of benzene rings is 4. The van der Waals surface area contributed by atoms with Crippen LogP contribution in [0.2, 0.25) is 50.2 Å². The van der Waals surface area contributed by atoms with E-state index in [9.17, 15) is 19.2 Å². The van der Waals surface area contributed by atoms with E-state index in [-0.39, 0.29) is 41.3 Å². The second-order valence-corrected chi connectivity index (χ2v) is 14.8. The van der Waals surface area contributed by atoms with Gasteiger partial charge in [-0.25, -0.2) is 19.2 Å². The van der Waals surface area contributed by atoms with Gasteiger partial charge in [-0.1, -0.05) is 150 Å². The molecule has 0 heterocycles. The fraction of sp³-hybridized carbons (Fsp3) is 0.176. The Bertz CT molecular complexity index is 1900. The normalized spacial score (nSPS) is 12.2. The van der Waals surface area contributed by atoms with Gasteiger partial charge < -0.3 is 18.9 Å². The Labute approximate surface area is 346 Å². The van der Waals surface area contributed by atoms with Gasteiger partial charge in [0.15, 0.2) is 11.5 Å². The third kappa shape index (κ3) is 9.29. The summed E-state index contributed by atoms with van der Waals surface area (Å²) in [5.41, 5.74) is 2.47. The lowest BCUT2D eigenvalue weighted by atomic mass is 10.1. The lowest BCUT2D eigenvalue weighted by Crippen LogP contribution is -2.49. The van der Waals surface area contributed by atoms with Crippen molar-refractivity contribution in [2.75, 3.05) is 0 Å². The summed E-state index contributed by atoms with van der Waals surface area (Å²) in [5, 5.41) is -3.90. The molecule has 4 rings (SSSR count). The summed E-state index contributed by atoms with van der Waals surface area (Å²) in [6, 6.07) is 9.30. The molecule has 2 atom stereocenters. The highest BCUT2D eigenvalue weighted by molar-refractivity contribution is 6.57. The monoisotopic (exact) mass is 906 g/mol. The van der Waals surface area contributed by atoms with Crippen LogP contribution >= 0.6 is 116 Å². The number of aryl methyl sites for hydroxylation is 4. The van der Waals surface area contributed by atoms with Crippen LogP contribution in [0, 0.1) is 27.7 Å². The SMILES string of the molecule is Cc1cc(C)cc(C(=O)OC(C(=O)Oc2c(Cl)c(Cl)c(Cl)c(Cl)c2Cl)C(OC(=O)c2cc(C)cc(C)c2)C(=O)Oc2c(Cl)c(Cl)c(Cl)c(Cl)c2Cl)c1. The summed E-state index contributed by atoms with van der Waals surface area (Å²) in [5.74, 6) is -6.75. The van der Waals surface area contributed by atoms with E-state index in [1.807, 2.05) is 0 Å². The Morgan fingerprint density at radius 3 is 0.885 bits per heavy atom. The second kappa shape index (κ2) is 17.4. The van der Waals surface area contributed by atoms with Crippen LogP contribution in [-0.4, -0.2) is 36.1 Å². The lowest BCUT2D eigenvalue weighted by Gasteiger charge is -2.25. The molecule has 274 valence electrons. The van der Waals surface area contributed by atoms with Crippen molar-refractivity contribution in [1.29, 1.82) is 0 Å². The minimum Gasteiger partial charge on any atom is -0.442 e. The first-order valence-electron chi connectivity index (χ1n) is 14.3. The van der Waals surface area contributed by atoms with Gasteiger partial charge in [-0.3, -0.25) is 0 Å². The number of ether oxygens (including phenoxy) is 4. The molecule has 8 nitrogen and oxygen atoms in total. The van der Waals surface area contributed by atoms with E-state index in [0.717, 1.165) is 0 Å². The molecule has 0 saturated heterocycles. The van der Waals surface area contributed by atoms with E-state index in [0.29, 0.717) is 22.3 Å². The molecule has 0 fully saturated rings. The third-order valence-corrected chi connectivity index (χ3v) is 11.4. The van der Waals surface area contributed by atoms with E-state index >= 15 is 0 Å². The molecule has 52 heavy (non-hydrogen) atoms. The van der Waals surface area contributed by atoms with Gasteiger partial charge in [0.05, 0.1) is 41.3 Å². The van der Waals surface area contributed by atoms with Gasteiger partial charge in [0.2, 0.25) is 12.2 Å².